The molecule has 4 nitrogen and oxygen atoms in total. The number of nitrogens with zero attached hydrogens (tertiary/aromatic N) is 1. The SMILES string of the molecule is CCOc1ccc(CNCc2ccn[nH]2)cc1. The lowest BCUT2D eigenvalue weighted by atomic mass is 10.2. The van der Waals surface area contributed by atoms with E-state index in [2.05, 4.69) is 27.6 Å². The summed E-state index contributed by atoms with van der Waals surface area (Å²) >= 11 is 0. The van der Waals surface area contributed by atoms with Gasteiger partial charge in [-0.25, -0.2) is 0 Å². The first kappa shape index (κ1) is 11.7. The Balaban J connectivity index is 1.79. The number of H-pyrrole nitrogens is 1. The van der Waals surface area contributed by atoms with E-state index >= 15 is 0 Å². The van der Waals surface area contributed by atoms with Crippen LogP contribution in [-0.2, 0) is 13.1 Å². The molecular formula is C13H17N3O. The lowest BCUT2D eigenvalue weighted by Gasteiger charge is -2.06. The maximum atomic E-state index is 5.39. The minimum absolute atomic E-state index is 0.706. The lowest BCUT2D eigenvalue weighted by molar-refractivity contribution is 0.340. The van der Waals surface area contributed by atoms with Gasteiger partial charge in [0.25, 0.3) is 0 Å². The summed E-state index contributed by atoms with van der Waals surface area (Å²) in [6, 6.07) is 10.1. The number of aromatic amines is 1. The molecule has 4 heteroatoms. The molecular weight excluding hydrogens is 214 g/mol. The summed E-state index contributed by atoms with van der Waals surface area (Å²) in [6.07, 6.45) is 1.76. The number of benzene rings is 1. The van der Waals surface area contributed by atoms with Crippen LogP contribution in [0.15, 0.2) is 36.5 Å². The molecule has 90 valence electrons. The normalized spacial score (nSPS) is 10.4. The Kier molecular flexibility index (Phi) is 4.16. The van der Waals surface area contributed by atoms with Crippen molar-refractivity contribution in [3.63, 3.8) is 0 Å². The number of rotatable bonds is 6. The Bertz CT molecular complexity index is 422. The zero-order chi connectivity index (χ0) is 11.9. The van der Waals surface area contributed by atoms with Gasteiger partial charge in [-0.1, -0.05) is 12.1 Å². The largest absolute Gasteiger partial charge is 0.494 e. The van der Waals surface area contributed by atoms with Gasteiger partial charge >= 0.3 is 0 Å². The molecule has 2 aromatic rings. The maximum absolute atomic E-state index is 5.39. The monoisotopic (exact) mass is 231 g/mol. The molecule has 0 radical (unpaired) electrons. The summed E-state index contributed by atoms with van der Waals surface area (Å²) in [5.41, 5.74) is 2.34. The van der Waals surface area contributed by atoms with Gasteiger partial charge in [0.2, 0.25) is 0 Å². The molecule has 2 N–H and O–H groups in total. The topological polar surface area (TPSA) is 49.9 Å². The summed E-state index contributed by atoms with van der Waals surface area (Å²) in [7, 11) is 0. The van der Waals surface area contributed by atoms with Crippen molar-refractivity contribution < 1.29 is 4.74 Å². The third kappa shape index (κ3) is 3.60. The highest BCUT2D eigenvalue weighted by Crippen LogP contribution is 2.11. The average molecular weight is 231 g/mol. The third-order valence-electron chi connectivity index (χ3n) is 2.44. The molecule has 17 heavy (non-hydrogen) atoms. The maximum Gasteiger partial charge on any atom is 0.119 e. The van der Waals surface area contributed by atoms with Crippen molar-refractivity contribution in [2.75, 3.05) is 6.61 Å². The van der Waals surface area contributed by atoms with Crippen molar-refractivity contribution in [1.29, 1.82) is 0 Å². The summed E-state index contributed by atoms with van der Waals surface area (Å²) in [6.45, 7) is 4.33. The molecule has 1 aromatic carbocycles. The zero-order valence-electron chi connectivity index (χ0n) is 9.94. The summed E-state index contributed by atoms with van der Waals surface area (Å²) in [5.74, 6) is 0.921. The first-order valence-corrected chi connectivity index (χ1v) is 5.79. The van der Waals surface area contributed by atoms with E-state index in [0.29, 0.717) is 6.61 Å². The van der Waals surface area contributed by atoms with Crippen LogP contribution in [0.25, 0.3) is 0 Å². The summed E-state index contributed by atoms with van der Waals surface area (Å²) in [5, 5.41) is 10.2. The van der Waals surface area contributed by atoms with Gasteiger partial charge in [-0.2, -0.15) is 5.10 Å². The molecule has 0 atom stereocenters. The van der Waals surface area contributed by atoms with Gasteiger partial charge in [0.05, 0.1) is 6.61 Å². The van der Waals surface area contributed by atoms with Crippen LogP contribution in [-0.4, -0.2) is 16.8 Å². The van der Waals surface area contributed by atoms with Crippen LogP contribution in [0, 0.1) is 0 Å². The molecule has 0 amide bonds. The van der Waals surface area contributed by atoms with Gasteiger partial charge in [0.15, 0.2) is 0 Å². The Morgan fingerprint density at radius 2 is 2.00 bits per heavy atom. The van der Waals surface area contributed by atoms with Crippen LogP contribution in [0.4, 0.5) is 0 Å². The van der Waals surface area contributed by atoms with Crippen molar-refractivity contribution in [2.24, 2.45) is 0 Å². The minimum atomic E-state index is 0.706. The molecule has 0 saturated heterocycles. The molecule has 0 aliphatic carbocycles. The van der Waals surface area contributed by atoms with E-state index < -0.39 is 0 Å². The Morgan fingerprint density at radius 3 is 2.65 bits per heavy atom. The molecule has 0 aliphatic rings. The molecule has 1 heterocycles. The van der Waals surface area contributed by atoms with Gasteiger partial charge in [-0.3, -0.25) is 5.10 Å². The number of aromatic nitrogens is 2. The van der Waals surface area contributed by atoms with Crippen LogP contribution in [0.3, 0.4) is 0 Å². The fourth-order valence-electron chi connectivity index (χ4n) is 1.59. The highest BCUT2D eigenvalue weighted by Gasteiger charge is 1.96. The Labute approximate surface area is 101 Å². The second-order valence-corrected chi connectivity index (χ2v) is 3.76. The number of ether oxygens (including phenoxy) is 1. The van der Waals surface area contributed by atoms with Crippen molar-refractivity contribution in [3.8, 4) is 5.75 Å². The fourth-order valence-corrected chi connectivity index (χ4v) is 1.59. The smallest absolute Gasteiger partial charge is 0.119 e. The first-order chi connectivity index (χ1) is 8.38. The van der Waals surface area contributed by atoms with E-state index in [0.717, 1.165) is 24.5 Å². The highest BCUT2D eigenvalue weighted by molar-refractivity contribution is 5.27. The molecule has 2 rings (SSSR count). The van der Waals surface area contributed by atoms with Crippen LogP contribution in [0.5, 0.6) is 5.75 Å². The van der Waals surface area contributed by atoms with E-state index in [1.165, 1.54) is 5.56 Å². The van der Waals surface area contributed by atoms with E-state index in [1.54, 1.807) is 6.20 Å². The minimum Gasteiger partial charge on any atom is -0.494 e. The first-order valence-electron chi connectivity index (χ1n) is 5.79. The van der Waals surface area contributed by atoms with Gasteiger partial charge in [0, 0.05) is 25.0 Å². The second-order valence-electron chi connectivity index (χ2n) is 3.76. The standard InChI is InChI=1S/C13H17N3O/c1-2-17-13-5-3-11(4-6-13)9-14-10-12-7-8-15-16-12/h3-8,14H,2,9-10H2,1H3,(H,15,16). The molecule has 1 aromatic heterocycles. The van der Waals surface area contributed by atoms with Crippen molar-refractivity contribution in [1.82, 2.24) is 15.5 Å². The van der Waals surface area contributed by atoms with E-state index in [4.69, 9.17) is 4.74 Å². The quantitative estimate of drug-likeness (QED) is 0.800. The average Bonchev–Trinajstić information content (AvgIpc) is 2.85. The van der Waals surface area contributed by atoms with Crippen molar-refractivity contribution in [3.05, 3.63) is 47.8 Å². The lowest BCUT2D eigenvalue weighted by Crippen LogP contribution is -2.12. The van der Waals surface area contributed by atoms with Crippen LogP contribution in [0.2, 0.25) is 0 Å². The predicted octanol–water partition coefficient (Wildman–Crippen LogP) is 2.10. The van der Waals surface area contributed by atoms with Gasteiger partial charge in [-0.05, 0) is 30.7 Å². The highest BCUT2D eigenvalue weighted by atomic mass is 16.5. The molecule has 0 unspecified atom stereocenters. The van der Waals surface area contributed by atoms with Gasteiger partial charge in [-0.15, -0.1) is 0 Å². The zero-order valence-corrected chi connectivity index (χ0v) is 9.94. The predicted molar refractivity (Wildman–Crippen MR) is 66.7 cm³/mol. The van der Waals surface area contributed by atoms with Gasteiger partial charge in [0.1, 0.15) is 5.75 Å². The number of hydrogen-bond donors (Lipinski definition) is 2. The molecule has 0 saturated carbocycles. The van der Waals surface area contributed by atoms with Crippen molar-refractivity contribution >= 4 is 0 Å². The fraction of sp³-hybridized carbons (Fsp3) is 0.308. The van der Waals surface area contributed by atoms with Crippen LogP contribution in [0.1, 0.15) is 18.2 Å². The van der Waals surface area contributed by atoms with E-state index in [9.17, 15) is 0 Å². The molecule has 0 aliphatic heterocycles. The van der Waals surface area contributed by atoms with Crippen molar-refractivity contribution in [2.45, 2.75) is 20.0 Å². The Hall–Kier alpha value is -1.81. The number of hydrogen-bond acceptors (Lipinski definition) is 3. The van der Waals surface area contributed by atoms with Crippen LogP contribution >= 0.6 is 0 Å². The van der Waals surface area contributed by atoms with Crippen LogP contribution < -0.4 is 10.1 Å². The molecule has 0 fully saturated rings. The van der Waals surface area contributed by atoms with E-state index in [-0.39, 0.29) is 0 Å². The molecule has 0 spiro atoms. The van der Waals surface area contributed by atoms with E-state index in [1.807, 2.05) is 25.1 Å². The number of nitrogens with one attached hydrogen (secondary N) is 2. The second kappa shape index (κ2) is 6.06. The Morgan fingerprint density at radius 1 is 1.18 bits per heavy atom. The van der Waals surface area contributed by atoms with Gasteiger partial charge < -0.3 is 10.1 Å². The summed E-state index contributed by atoms with van der Waals surface area (Å²) < 4.78 is 5.39. The molecule has 0 bridgehead atoms. The third-order valence-corrected chi connectivity index (χ3v) is 2.44. The summed E-state index contributed by atoms with van der Waals surface area (Å²) in [4.78, 5) is 0.